The van der Waals surface area contributed by atoms with E-state index in [0.29, 0.717) is 15.2 Å². The highest BCUT2D eigenvalue weighted by atomic mass is 32.1. The summed E-state index contributed by atoms with van der Waals surface area (Å²) in [5.74, 6) is 2.29. The zero-order valence-electron chi connectivity index (χ0n) is 14.8. The Kier molecular flexibility index (Phi) is 5.68. The van der Waals surface area contributed by atoms with Crippen LogP contribution in [0, 0.1) is 0 Å². The van der Waals surface area contributed by atoms with Crippen molar-refractivity contribution in [2.24, 2.45) is 5.84 Å². The van der Waals surface area contributed by atoms with Gasteiger partial charge in [0, 0.05) is 18.8 Å². The Labute approximate surface area is 162 Å². The topological polar surface area (TPSA) is 88.8 Å². The van der Waals surface area contributed by atoms with Gasteiger partial charge in [0.15, 0.2) is 0 Å². The lowest BCUT2D eigenvalue weighted by Crippen LogP contribution is -2.45. The van der Waals surface area contributed by atoms with Gasteiger partial charge in [-0.1, -0.05) is 23.5 Å². The van der Waals surface area contributed by atoms with Crippen molar-refractivity contribution in [2.45, 2.75) is 13.1 Å². The molecule has 1 saturated heterocycles. The Morgan fingerprint density at radius 2 is 1.89 bits per heavy atom. The average Bonchev–Trinajstić information content (AvgIpc) is 3.11. The highest BCUT2D eigenvalue weighted by Crippen LogP contribution is 2.30. The predicted molar refractivity (Wildman–Crippen MR) is 97.4 cm³/mol. The van der Waals surface area contributed by atoms with Crippen LogP contribution in [0.4, 0.5) is 18.3 Å². The molecule has 2 aromatic rings. The molecule has 2 N–H and O–H groups in total. The molecule has 0 aliphatic carbocycles. The molecule has 1 aromatic heterocycles. The first-order valence-electron chi connectivity index (χ1n) is 8.30. The van der Waals surface area contributed by atoms with E-state index in [1.54, 1.807) is 24.3 Å². The van der Waals surface area contributed by atoms with Crippen LogP contribution in [0.3, 0.4) is 0 Å². The standard InChI is InChI=1S/C17H17F3N4O3S/c1-10(23-6-8-27-9-7-23)13(14(25)17(18,19)20)15(26)24(21)16-22-11-4-2-3-5-12(11)28-16/h2-5H,6-9,21H2,1H3/b13-10-. The molecule has 1 aliphatic rings. The molecule has 7 nitrogen and oxygen atoms in total. The van der Waals surface area contributed by atoms with Crippen LogP contribution >= 0.6 is 11.3 Å². The lowest BCUT2D eigenvalue weighted by Gasteiger charge is -2.31. The van der Waals surface area contributed by atoms with E-state index in [2.05, 4.69) is 4.98 Å². The van der Waals surface area contributed by atoms with E-state index in [0.717, 1.165) is 11.3 Å². The summed E-state index contributed by atoms with van der Waals surface area (Å²) in [7, 11) is 0. The number of para-hydroxylation sites is 1. The first kappa shape index (κ1) is 20.2. The first-order chi connectivity index (χ1) is 13.2. The zero-order chi connectivity index (χ0) is 20.5. The number of hydrogen-bond donors (Lipinski definition) is 1. The number of carbonyl (C=O) groups is 2. The number of allylic oxidation sites excluding steroid dienone is 1. The third-order valence-corrected chi connectivity index (χ3v) is 5.29. The fraction of sp³-hybridized carbons (Fsp3) is 0.353. The van der Waals surface area contributed by atoms with Crippen molar-refractivity contribution in [3.63, 3.8) is 0 Å². The van der Waals surface area contributed by atoms with Gasteiger partial charge in [0.1, 0.15) is 5.57 Å². The molecule has 2 heterocycles. The molecule has 1 aromatic carbocycles. The van der Waals surface area contributed by atoms with E-state index in [4.69, 9.17) is 10.6 Å². The van der Waals surface area contributed by atoms with E-state index in [9.17, 15) is 22.8 Å². The summed E-state index contributed by atoms with van der Waals surface area (Å²) in [5.41, 5.74) is -0.563. The highest BCUT2D eigenvalue weighted by Gasteiger charge is 2.45. The summed E-state index contributed by atoms with van der Waals surface area (Å²) in [6.07, 6.45) is -5.22. The molecule has 0 spiro atoms. The fourth-order valence-electron chi connectivity index (χ4n) is 2.79. The lowest BCUT2D eigenvalue weighted by molar-refractivity contribution is -0.167. The van der Waals surface area contributed by atoms with Crippen LogP contribution in [0.25, 0.3) is 10.2 Å². The van der Waals surface area contributed by atoms with Gasteiger partial charge in [0.05, 0.1) is 23.4 Å². The van der Waals surface area contributed by atoms with Gasteiger partial charge in [0.2, 0.25) is 5.13 Å². The molecular weight excluding hydrogens is 397 g/mol. The number of fused-ring (bicyclic) bond motifs is 1. The normalized spacial score (nSPS) is 16.1. The molecule has 28 heavy (non-hydrogen) atoms. The Bertz CT molecular complexity index is 902. The van der Waals surface area contributed by atoms with E-state index in [-0.39, 0.29) is 37.1 Å². The van der Waals surface area contributed by atoms with Gasteiger partial charge in [-0.3, -0.25) is 9.59 Å². The number of ketones is 1. The fourth-order valence-corrected chi connectivity index (χ4v) is 3.67. The van der Waals surface area contributed by atoms with Gasteiger partial charge in [-0.2, -0.15) is 13.2 Å². The van der Waals surface area contributed by atoms with Crippen LogP contribution in [0.15, 0.2) is 35.5 Å². The SMILES string of the molecule is C/C(=C(/C(=O)N(N)c1nc2ccccc2s1)C(=O)C(F)(F)F)N1CCOCC1. The number of anilines is 1. The molecule has 1 aliphatic heterocycles. The minimum Gasteiger partial charge on any atom is -0.378 e. The number of thiazole rings is 1. The molecule has 1 amide bonds. The molecule has 0 bridgehead atoms. The van der Waals surface area contributed by atoms with Crippen molar-refractivity contribution in [1.82, 2.24) is 9.88 Å². The summed E-state index contributed by atoms with van der Waals surface area (Å²) < 4.78 is 45.4. The number of nitrogens with two attached hydrogens (primary N) is 1. The Morgan fingerprint density at radius 3 is 2.50 bits per heavy atom. The smallest absolute Gasteiger partial charge is 0.378 e. The average molecular weight is 414 g/mol. The minimum atomic E-state index is -5.22. The third-order valence-electron chi connectivity index (χ3n) is 4.25. The van der Waals surface area contributed by atoms with Crippen LogP contribution in [-0.2, 0) is 14.3 Å². The third kappa shape index (κ3) is 4.01. The van der Waals surface area contributed by atoms with E-state index in [1.807, 2.05) is 0 Å². The van der Waals surface area contributed by atoms with Gasteiger partial charge in [-0.15, -0.1) is 0 Å². The maximum Gasteiger partial charge on any atom is 0.455 e. The number of benzene rings is 1. The number of aromatic nitrogens is 1. The maximum absolute atomic E-state index is 13.2. The van der Waals surface area contributed by atoms with Crippen molar-refractivity contribution < 1.29 is 27.5 Å². The Hall–Kier alpha value is -2.50. The van der Waals surface area contributed by atoms with Crippen molar-refractivity contribution in [3.05, 3.63) is 35.5 Å². The van der Waals surface area contributed by atoms with Crippen molar-refractivity contribution in [1.29, 1.82) is 0 Å². The maximum atomic E-state index is 13.2. The summed E-state index contributed by atoms with van der Waals surface area (Å²) >= 11 is 1.04. The second kappa shape index (κ2) is 7.86. The van der Waals surface area contributed by atoms with E-state index in [1.165, 1.54) is 11.8 Å². The van der Waals surface area contributed by atoms with Gasteiger partial charge < -0.3 is 9.64 Å². The molecular formula is C17H17F3N4O3S. The van der Waals surface area contributed by atoms with Gasteiger partial charge >= 0.3 is 6.18 Å². The number of hydrogen-bond acceptors (Lipinski definition) is 7. The van der Waals surface area contributed by atoms with Crippen molar-refractivity contribution in [2.75, 3.05) is 31.3 Å². The number of morpholine rings is 1. The number of Topliss-reactive ketones (excluding diaryl/α,β-unsaturated/α-hetero) is 1. The molecule has 0 atom stereocenters. The number of rotatable bonds is 4. The zero-order valence-corrected chi connectivity index (χ0v) is 15.6. The lowest BCUT2D eigenvalue weighted by atomic mass is 10.1. The van der Waals surface area contributed by atoms with Gasteiger partial charge in [-0.05, 0) is 19.1 Å². The number of ether oxygens (including phenoxy) is 1. The number of amides is 1. The summed E-state index contributed by atoms with van der Waals surface area (Å²) in [6, 6.07) is 6.92. The first-order valence-corrected chi connectivity index (χ1v) is 9.11. The second-order valence-electron chi connectivity index (χ2n) is 6.03. The van der Waals surface area contributed by atoms with Crippen LogP contribution in [-0.4, -0.2) is 54.1 Å². The second-order valence-corrected chi connectivity index (χ2v) is 7.04. The Balaban J connectivity index is 2.00. The minimum absolute atomic E-state index is 0.00606. The van der Waals surface area contributed by atoms with Crippen LogP contribution in [0.5, 0.6) is 0 Å². The van der Waals surface area contributed by atoms with Gasteiger partial charge in [-0.25, -0.2) is 15.8 Å². The number of carbonyl (C=O) groups excluding carboxylic acids is 2. The van der Waals surface area contributed by atoms with Crippen LogP contribution < -0.4 is 10.9 Å². The molecule has 1 fully saturated rings. The number of alkyl halides is 3. The number of hydrazine groups is 1. The molecule has 0 radical (unpaired) electrons. The quantitative estimate of drug-likeness (QED) is 0.206. The van der Waals surface area contributed by atoms with E-state index >= 15 is 0 Å². The Morgan fingerprint density at radius 1 is 1.25 bits per heavy atom. The van der Waals surface area contributed by atoms with Crippen LogP contribution in [0.1, 0.15) is 6.92 Å². The predicted octanol–water partition coefficient (Wildman–Crippen LogP) is 2.24. The molecule has 3 rings (SSSR count). The molecule has 0 unspecified atom stereocenters. The van der Waals surface area contributed by atoms with Crippen LogP contribution in [0.2, 0.25) is 0 Å². The van der Waals surface area contributed by atoms with Gasteiger partial charge in [0.25, 0.3) is 11.7 Å². The molecule has 11 heteroatoms. The monoisotopic (exact) mass is 414 g/mol. The summed E-state index contributed by atoms with van der Waals surface area (Å²) in [6.45, 7) is 2.39. The largest absolute Gasteiger partial charge is 0.455 e. The van der Waals surface area contributed by atoms with Crippen molar-refractivity contribution in [3.8, 4) is 0 Å². The highest BCUT2D eigenvalue weighted by molar-refractivity contribution is 7.22. The summed E-state index contributed by atoms with van der Waals surface area (Å²) in [5, 5.41) is 0.488. The molecule has 0 saturated carbocycles. The van der Waals surface area contributed by atoms with Crippen molar-refractivity contribution >= 4 is 38.4 Å². The summed E-state index contributed by atoms with van der Waals surface area (Å²) in [4.78, 5) is 30.5. The number of nitrogens with zero attached hydrogens (tertiary/aromatic N) is 3. The molecule has 150 valence electrons. The number of halogens is 3. The van der Waals surface area contributed by atoms with E-state index < -0.39 is 23.4 Å².